The zero-order chi connectivity index (χ0) is 20.8. The zero-order valence-electron chi connectivity index (χ0n) is 18.3. The van der Waals surface area contributed by atoms with Crippen molar-refractivity contribution in [1.29, 1.82) is 0 Å². The minimum atomic E-state index is -0.0319. The van der Waals surface area contributed by atoms with Gasteiger partial charge in [-0.15, -0.1) is 0 Å². The lowest BCUT2D eigenvalue weighted by Crippen LogP contribution is -2.41. The predicted octanol–water partition coefficient (Wildman–Crippen LogP) is 3.33. The Hall–Kier alpha value is -2.08. The first-order valence-electron chi connectivity index (χ1n) is 11.6. The van der Waals surface area contributed by atoms with Gasteiger partial charge in [-0.1, -0.05) is 31.4 Å². The highest BCUT2D eigenvalue weighted by Crippen LogP contribution is 2.43. The lowest BCUT2D eigenvalue weighted by atomic mass is 9.73. The van der Waals surface area contributed by atoms with E-state index in [4.69, 9.17) is 4.74 Å². The number of rotatable bonds is 5. The van der Waals surface area contributed by atoms with Crippen molar-refractivity contribution in [2.24, 2.45) is 10.4 Å². The fourth-order valence-electron chi connectivity index (χ4n) is 5.28. The van der Waals surface area contributed by atoms with E-state index in [9.17, 15) is 4.79 Å². The molecule has 0 aromatic heterocycles. The van der Waals surface area contributed by atoms with Crippen molar-refractivity contribution in [3.05, 3.63) is 35.4 Å². The molecule has 0 radical (unpaired) electrons. The van der Waals surface area contributed by atoms with Crippen LogP contribution >= 0.6 is 0 Å². The minimum Gasteiger partial charge on any atom is -0.376 e. The van der Waals surface area contributed by atoms with Crippen molar-refractivity contribution < 1.29 is 9.53 Å². The number of aliphatic imine (C=N–C) groups is 1. The number of nitrogens with zero attached hydrogens (tertiary/aromatic N) is 2. The molecule has 2 aliphatic heterocycles. The lowest BCUT2D eigenvalue weighted by Gasteiger charge is -2.33. The molecule has 3 aliphatic rings. The Kier molecular flexibility index (Phi) is 6.93. The number of benzene rings is 1. The van der Waals surface area contributed by atoms with Gasteiger partial charge < -0.3 is 20.3 Å². The van der Waals surface area contributed by atoms with Crippen LogP contribution in [0.3, 0.4) is 0 Å². The molecule has 1 unspecified atom stereocenters. The number of nitrogens with one attached hydrogen (secondary N) is 2. The van der Waals surface area contributed by atoms with Crippen LogP contribution in [0.1, 0.15) is 67.3 Å². The van der Waals surface area contributed by atoms with Gasteiger partial charge in [0.05, 0.1) is 6.10 Å². The topological polar surface area (TPSA) is 66.0 Å². The molecule has 30 heavy (non-hydrogen) atoms. The van der Waals surface area contributed by atoms with Crippen molar-refractivity contribution in [2.75, 3.05) is 33.3 Å². The molecule has 4 rings (SSSR count). The Morgan fingerprint density at radius 1 is 1.20 bits per heavy atom. The van der Waals surface area contributed by atoms with Crippen molar-refractivity contribution >= 4 is 11.9 Å². The quantitative estimate of drug-likeness (QED) is 0.575. The van der Waals surface area contributed by atoms with Gasteiger partial charge in [0, 0.05) is 45.4 Å². The van der Waals surface area contributed by atoms with Crippen LogP contribution in [0.15, 0.2) is 29.3 Å². The molecule has 1 aromatic carbocycles. The molecule has 1 aliphatic carbocycles. The number of hydrogen-bond acceptors (Lipinski definition) is 3. The molecule has 0 bridgehead atoms. The number of carbonyl (C=O) groups is 1. The number of ether oxygens (including phenoxy) is 1. The summed E-state index contributed by atoms with van der Waals surface area (Å²) in [5, 5.41) is 6.52. The van der Waals surface area contributed by atoms with E-state index >= 15 is 0 Å². The summed E-state index contributed by atoms with van der Waals surface area (Å²) in [5.41, 5.74) is 2.30. The maximum atomic E-state index is 12.5. The second-order valence-corrected chi connectivity index (χ2v) is 9.18. The van der Waals surface area contributed by atoms with Crippen LogP contribution in [0, 0.1) is 5.41 Å². The van der Waals surface area contributed by atoms with Gasteiger partial charge in [0.1, 0.15) is 0 Å². The molecule has 2 saturated heterocycles. The highest BCUT2D eigenvalue weighted by molar-refractivity contribution is 5.94. The average molecular weight is 413 g/mol. The Morgan fingerprint density at radius 2 is 2.07 bits per heavy atom. The van der Waals surface area contributed by atoms with E-state index in [0.29, 0.717) is 24.1 Å². The summed E-state index contributed by atoms with van der Waals surface area (Å²) in [6, 6.07) is 7.85. The predicted molar refractivity (Wildman–Crippen MR) is 120 cm³/mol. The summed E-state index contributed by atoms with van der Waals surface area (Å²) in [7, 11) is 1.86. The smallest absolute Gasteiger partial charge is 0.251 e. The normalized spacial score (nSPS) is 23.7. The molecule has 1 aromatic rings. The van der Waals surface area contributed by atoms with E-state index in [1.165, 1.54) is 38.5 Å². The zero-order valence-corrected chi connectivity index (χ0v) is 18.3. The molecule has 1 amide bonds. The Bertz CT molecular complexity index is 751. The second-order valence-electron chi connectivity index (χ2n) is 9.18. The number of likely N-dealkylation sites (tertiary alicyclic amines) is 1. The molecule has 2 N–H and O–H groups in total. The van der Waals surface area contributed by atoms with Crippen LogP contribution in [0.4, 0.5) is 0 Å². The maximum Gasteiger partial charge on any atom is 0.251 e. The van der Waals surface area contributed by atoms with Crippen molar-refractivity contribution in [1.82, 2.24) is 15.5 Å². The van der Waals surface area contributed by atoms with Crippen molar-refractivity contribution in [2.45, 2.75) is 64.0 Å². The van der Waals surface area contributed by atoms with Gasteiger partial charge in [0.25, 0.3) is 5.91 Å². The molecule has 164 valence electrons. The fourth-order valence-corrected chi connectivity index (χ4v) is 5.28. The standard InChI is InChI=1S/C24H36N4O2/c1-25-23(28-13-12-24(18-28)10-3-2-4-11-24)27-16-19-7-5-8-20(15-19)22(29)26-17-21-9-6-14-30-21/h5,7-8,15,21H,2-4,6,9-14,16-18H2,1H3,(H,25,27)(H,26,29). The number of amides is 1. The van der Waals surface area contributed by atoms with E-state index in [1.807, 2.05) is 25.2 Å². The molecule has 3 fully saturated rings. The van der Waals surface area contributed by atoms with Gasteiger partial charge in [-0.2, -0.15) is 0 Å². The number of guanidine groups is 1. The van der Waals surface area contributed by atoms with Crippen LogP contribution in [-0.2, 0) is 11.3 Å². The van der Waals surface area contributed by atoms with Gasteiger partial charge in [-0.05, 0) is 55.2 Å². The maximum absolute atomic E-state index is 12.5. The second kappa shape index (κ2) is 9.82. The van der Waals surface area contributed by atoms with E-state index in [1.54, 1.807) is 0 Å². The van der Waals surface area contributed by atoms with E-state index in [-0.39, 0.29) is 12.0 Å². The highest BCUT2D eigenvalue weighted by atomic mass is 16.5. The minimum absolute atomic E-state index is 0.0319. The first kappa shape index (κ1) is 21.2. The summed E-state index contributed by atoms with van der Waals surface area (Å²) in [6.07, 6.45) is 10.4. The summed E-state index contributed by atoms with van der Waals surface area (Å²) >= 11 is 0. The molecule has 1 saturated carbocycles. The molecule has 6 heteroatoms. The lowest BCUT2D eigenvalue weighted by molar-refractivity contribution is 0.0857. The van der Waals surface area contributed by atoms with Gasteiger partial charge in [0.2, 0.25) is 0 Å². The van der Waals surface area contributed by atoms with Crippen LogP contribution in [0.25, 0.3) is 0 Å². The third kappa shape index (κ3) is 5.15. The SMILES string of the molecule is CN=C(NCc1cccc(C(=O)NCC2CCCO2)c1)N1CCC2(CCCCC2)C1. The first-order valence-corrected chi connectivity index (χ1v) is 11.6. The van der Waals surface area contributed by atoms with Crippen LogP contribution < -0.4 is 10.6 Å². The first-order chi connectivity index (χ1) is 14.7. The summed E-state index contributed by atoms with van der Waals surface area (Å²) in [4.78, 5) is 19.5. The Morgan fingerprint density at radius 3 is 2.83 bits per heavy atom. The molecule has 1 spiro atoms. The van der Waals surface area contributed by atoms with Gasteiger partial charge in [0.15, 0.2) is 5.96 Å². The highest BCUT2D eigenvalue weighted by Gasteiger charge is 2.39. The monoisotopic (exact) mass is 412 g/mol. The fraction of sp³-hybridized carbons (Fsp3) is 0.667. The third-order valence-electron chi connectivity index (χ3n) is 7.02. The average Bonchev–Trinajstić information content (AvgIpc) is 3.44. The van der Waals surface area contributed by atoms with Crippen LogP contribution in [0.5, 0.6) is 0 Å². The van der Waals surface area contributed by atoms with E-state index in [0.717, 1.165) is 44.1 Å². The molecular formula is C24H36N4O2. The van der Waals surface area contributed by atoms with Gasteiger partial charge in [-0.3, -0.25) is 9.79 Å². The molecular weight excluding hydrogens is 376 g/mol. The van der Waals surface area contributed by atoms with E-state index < -0.39 is 0 Å². The Labute approximate surface area is 180 Å². The van der Waals surface area contributed by atoms with Crippen LogP contribution in [0.2, 0.25) is 0 Å². The Balaban J connectivity index is 1.29. The van der Waals surface area contributed by atoms with Crippen LogP contribution in [-0.4, -0.2) is 56.2 Å². The molecule has 1 atom stereocenters. The largest absolute Gasteiger partial charge is 0.376 e. The van der Waals surface area contributed by atoms with Crippen molar-refractivity contribution in [3.8, 4) is 0 Å². The van der Waals surface area contributed by atoms with Crippen molar-refractivity contribution in [3.63, 3.8) is 0 Å². The number of carbonyl (C=O) groups excluding carboxylic acids is 1. The molecule has 2 heterocycles. The van der Waals surface area contributed by atoms with Gasteiger partial charge in [-0.25, -0.2) is 0 Å². The van der Waals surface area contributed by atoms with Gasteiger partial charge >= 0.3 is 0 Å². The summed E-state index contributed by atoms with van der Waals surface area (Å²) in [5.74, 6) is 0.946. The summed E-state index contributed by atoms with van der Waals surface area (Å²) < 4.78 is 5.59. The molecule has 6 nitrogen and oxygen atoms in total. The number of hydrogen-bond donors (Lipinski definition) is 2. The third-order valence-corrected chi connectivity index (χ3v) is 7.02. The van der Waals surface area contributed by atoms with E-state index in [2.05, 4.69) is 26.6 Å². The summed E-state index contributed by atoms with van der Waals surface area (Å²) in [6.45, 7) is 4.28.